The summed E-state index contributed by atoms with van der Waals surface area (Å²) in [6.07, 6.45) is 6.71. The van der Waals surface area contributed by atoms with Crippen LogP contribution < -0.4 is 11.1 Å². The van der Waals surface area contributed by atoms with Crippen molar-refractivity contribution in [1.29, 1.82) is 0 Å². The van der Waals surface area contributed by atoms with Crippen LogP contribution in [-0.4, -0.2) is 55.5 Å². The summed E-state index contributed by atoms with van der Waals surface area (Å²) in [6.45, 7) is 3.95. The zero-order valence-corrected chi connectivity index (χ0v) is 26.9. The van der Waals surface area contributed by atoms with Crippen LogP contribution in [0.15, 0.2) is 36.4 Å². The number of nitrogen functional groups attached to an aromatic ring is 1. The number of nitrogens with one attached hydrogen (secondary N) is 1. The highest BCUT2D eigenvalue weighted by Crippen LogP contribution is 2.26. The fraction of sp³-hybridized carbons (Fsp3) is 0.333. The molecule has 0 aliphatic heterocycles. The van der Waals surface area contributed by atoms with E-state index in [1.54, 1.807) is 13.8 Å². The molecule has 6 rings (SSSR count). The molecule has 0 bridgehead atoms. The monoisotopic (exact) mass is 672 g/mol. The molecule has 4 aromatic heterocycles. The first-order valence-corrected chi connectivity index (χ1v) is 15.4. The van der Waals surface area contributed by atoms with Gasteiger partial charge in [0.25, 0.3) is 0 Å². The van der Waals surface area contributed by atoms with Gasteiger partial charge in [0.1, 0.15) is 11.6 Å². The summed E-state index contributed by atoms with van der Waals surface area (Å²) in [4.78, 5) is 31.9. The van der Waals surface area contributed by atoms with Gasteiger partial charge in [-0.3, -0.25) is 0 Å². The van der Waals surface area contributed by atoms with E-state index in [1.807, 2.05) is 12.1 Å². The van der Waals surface area contributed by atoms with Crippen LogP contribution in [0.3, 0.4) is 0 Å². The number of aromatic nitrogens is 6. The lowest BCUT2D eigenvalue weighted by Crippen LogP contribution is -2.12. The molecule has 0 atom stereocenters. The van der Waals surface area contributed by atoms with Gasteiger partial charge < -0.3 is 20.5 Å². The van der Waals surface area contributed by atoms with Crippen LogP contribution >= 0.6 is 34.8 Å². The third-order valence-corrected chi connectivity index (χ3v) is 7.22. The second kappa shape index (κ2) is 16.3. The minimum atomic E-state index is -0.600. The average molecular weight is 674 g/mol. The number of carbonyl (C=O) groups excluding carboxylic acids is 2. The number of nitrogens with zero attached hydrogens (tertiary/aromatic N) is 6. The van der Waals surface area contributed by atoms with Gasteiger partial charge in [0.2, 0.25) is 0 Å². The number of esters is 2. The van der Waals surface area contributed by atoms with Crippen molar-refractivity contribution in [2.75, 3.05) is 24.3 Å². The highest BCUT2D eigenvalue weighted by Gasteiger charge is 2.18. The number of rotatable bonds is 6. The third-order valence-electron chi connectivity index (χ3n) is 6.56. The highest BCUT2D eigenvalue weighted by atomic mass is 35.5. The zero-order valence-electron chi connectivity index (χ0n) is 24.6. The van der Waals surface area contributed by atoms with Crippen LogP contribution in [-0.2, 0) is 35.2 Å². The van der Waals surface area contributed by atoms with Crippen molar-refractivity contribution in [3.8, 4) is 0 Å². The van der Waals surface area contributed by atoms with Crippen LogP contribution in [0.25, 0.3) is 0 Å². The molecule has 2 aliphatic carbocycles. The number of aryl methyl sites for hydroxylation is 4. The van der Waals surface area contributed by atoms with Gasteiger partial charge in [-0.2, -0.15) is 0 Å². The Bertz CT molecular complexity index is 1670. The molecule has 4 aromatic rings. The number of halogens is 3. The minimum Gasteiger partial charge on any atom is -0.461 e. The Kier molecular flexibility index (Phi) is 12.2. The number of carbonyl (C=O) groups is 2. The molecular weight excluding hydrogens is 643 g/mol. The fourth-order valence-electron chi connectivity index (χ4n) is 4.56. The van der Waals surface area contributed by atoms with E-state index in [0.29, 0.717) is 17.3 Å². The Morgan fingerprint density at radius 2 is 1.31 bits per heavy atom. The lowest BCUT2D eigenvalue weighted by atomic mass is 10.2. The Hall–Kier alpha value is -4.13. The van der Waals surface area contributed by atoms with E-state index in [4.69, 9.17) is 45.3 Å². The second-order valence-corrected chi connectivity index (χ2v) is 10.9. The van der Waals surface area contributed by atoms with Gasteiger partial charge >= 0.3 is 11.9 Å². The van der Waals surface area contributed by atoms with Crippen molar-refractivity contribution in [2.24, 2.45) is 0 Å². The molecule has 0 aromatic carbocycles. The Morgan fingerprint density at radius 3 is 1.93 bits per heavy atom. The van der Waals surface area contributed by atoms with E-state index >= 15 is 0 Å². The summed E-state index contributed by atoms with van der Waals surface area (Å²) in [6, 6.07) is 10.8. The summed E-state index contributed by atoms with van der Waals surface area (Å²) in [5.74, 6) is 0.155. The van der Waals surface area contributed by atoms with Gasteiger partial charge in [0.15, 0.2) is 21.7 Å². The molecule has 0 saturated carbocycles. The van der Waals surface area contributed by atoms with E-state index in [9.17, 15) is 9.59 Å². The number of hydrogen-bond acceptors (Lipinski definition) is 12. The molecule has 15 heteroatoms. The predicted octanol–water partition coefficient (Wildman–Crippen LogP) is 6.05. The van der Waals surface area contributed by atoms with Crippen molar-refractivity contribution in [1.82, 2.24) is 30.4 Å². The van der Waals surface area contributed by atoms with Gasteiger partial charge in [-0.25, -0.2) is 19.6 Å². The van der Waals surface area contributed by atoms with E-state index in [1.165, 1.54) is 41.8 Å². The highest BCUT2D eigenvalue weighted by molar-refractivity contribution is 6.35. The summed E-state index contributed by atoms with van der Waals surface area (Å²) in [5.41, 5.74) is 11.0. The molecule has 3 N–H and O–H groups in total. The second-order valence-electron chi connectivity index (χ2n) is 9.71. The molecule has 45 heavy (non-hydrogen) atoms. The molecular formula is C30H31Cl3N8O4. The summed E-state index contributed by atoms with van der Waals surface area (Å²) in [5, 5.41) is 18.0. The minimum absolute atomic E-state index is 0.0204. The molecule has 2 aliphatic rings. The average Bonchev–Trinajstić information content (AvgIpc) is 3.67. The molecule has 0 spiro atoms. The van der Waals surface area contributed by atoms with Crippen molar-refractivity contribution in [2.45, 2.75) is 52.4 Å². The standard InChI is InChI=1S/C15H15ClN4O2.C8H10N2.C7H6Cl2N2O2/c1-2-22-15(21)14-11(8-12(16)19-20-14)18-13-7-6-9-4-3-5-10(9)17-13;9-8-5-4-6-2-1-3-7(6)10-8;1-2-13-7(12)6-4(8)3-5(9)10-11-6/h6-8H,2-5H2,1H3,(H,17,18,19);4-5H,1-3H2,(H2,9,10);3H,2H2,1H3. The van der Waals surface area contributed by atoms with Gasteiger partial charge in [-0.1, -0.05) is 46.9 Å². The number of ether oxygens (including phenoxy) is 2. The van der Waals surface area contributed by atoms with Crippen molar-refractivity contribution < 1.29 is 19.1 Å². The predicted molar refractivity (Wildman–Crippen MR) is 171 cm³/mol. The van der Waals surface area contributed by atoms with Crippen molar-refractivity contribution >= 4 is 64.1 Å². The molecule has 0 saturated heterocycles. The van der Waals surface area contributed by atoms with Crippen molar-refractivity contribution in [3.05, 3.63) is 85.6 Å². The van der Waals surface area contributed by atoms with Crippen LogP contribution in [0.1, 0.15) is 70.2 Å². The largest absolute Gasteiger partial charge is 0.461 e. The molecule has 0 radical (unpaired) electrons. The SMILES string of the molecule is CCOC(=O)c1nnc(Cl)cc1Cl.CCOC(=O)c1nnc(Cl)cc1Nc1ccc2c(n1)CCC2.Nc1ccc2c(n1)CCC2. The first-order chi connectivity index (χ1) is 21.7. The topological polar surface area (TPSA) is 168 Å². The smallest absolute Gasteiger partial charge is 0.361 e. The maximum atomic E-state index is 11.9. The quantitative estimate of drug-likeness (QED) is 0.228. The van der Waals surface area contributed by atoms with E-state index in [2.05, 4.69) is 52.5 Å². The molecule has 4 heterocycles. The summed E-state index contributed by atoms with van der Waals surface area (Å²) in [7, 11) is 0. The third kappa shape index (κ3) is 9.43. The van der Waals surface area contributed by atoms with E-state index in [0.717, 1.165) is 31.4 Å². The van der Waals surface area contributed by atoms with Gasteiger partial charge in [0.05, 0.1) is 23.9 Å². The lowest BCUT2D eigenvalue weighted by molar-refractivity contribution is 0.0509. The number of fused-ring (bicyclic) bond motifs is 2. The Morgan fingerprint density at radius 1 is 0.756 bits per heavy atom. The zero-order chi connectivity index (χ0) is 32.3. The van der Waals surface area contributed by atoms with Gasteiger partial charge in [-0.15, -0.1) is 20.4 Å². The number of anilines is 3. The lowest BCUT2D eigenvalue weighted by Gasteiger charge is -2.10. The van der Waals surface area contributed by atoms with Crippen LogP contribution in [0.5, 0.6) is 0 Å². The maximum absolute atomic E-state index is 11.9. The number of pyridine rings is 2. The van der Waals surface area contributed by atoms with Gasteiger partial charge in [-0.05, 0) is 81.7 Å². The molecule has 0 fully saturated rings. The van der Waals surface area contributed by atoms with Crippen molar-refractivity contribution in [3.63, 3.8) is 0 Å². The molecule has 0 unspecified atom stereocenters. The maximum Gasteiger partial charge on any atom is 0.361 e. The molecule has 236 valence electrons. The summed E-state index contributed by atoms with van der Waals surface area (Å²) < 4.78 is 9.65. The van der Waals surface area contributed by atoms with Gasteiger partial charge in [0, 0.05) is 17.5 Å². The number of hydrogen-bond donors (Lipinski definition) is 2. The van der Waals surface area contributed by atoms with Crippen LogP contribution in [0.2, 0.25) is 15.3 Å². The normalized spacial score (nSPS) is 12.5. The molecule has 12 nitrogen and oxygen atoms in total. The Balaban J connectivity index is 0.000000169. The van der Waals surface area contributed by atoms with Crippen LogP contribution in [0, 0.1) is 0 Å². The van der Waals surface area contributed by atoms with E-state index < -0.39 is 11.9 Å². The van der Waals surface area contributed by atoms with E-state index in [-0.39, 0.29) is 39.9 Å². The van der Waals surface area contributed by atoms with Crippen LogP contribution in [0.4, 0.5) is 17.3 Å². The molecule has 0 amide bonds. The Labute approximate surface area is 275 Å². The number of nitrogens with two attached hydrogens (primary N) is 1. The first-order valence-electron chi connectivity index (χ1n) is 14.2. The fourth-order valence-corrected chi connectivity index (χ4v) is 5.13. The first kappa shape index (κ1) is 33.8. The summed E-state index contributed by atoms with van der Waals surface area (Å²) >= 11 is 17.0.